The van der Waals surface area contributed by atoms with Crippen molar-refractivity contribution in [1.29, 1.82) is 0 Å². The van der Waals surface area contributed by atoms with Gasteiger partial charge in [0.25, 0.3) is 11.1 Å². The van der Waals surface area contributed by atoms with Gasteiger partial charge >= 0.3 is 23.3 Å². The van der Waals surface area contributed by atoms with Crippen LogP contribution in [-0.2, 0) is 18.8 Å². The Morgan fingerprint density at radius 3 is 1.63 bits per heavy atom. The number of rotatable bonds is 5. The molecular formula is C16H20N4O10. The molecule has 14 heteroatoms. The second kappa shape index (κ2) is 9.90. The zero-order valence-corrected chi connectivity index (χ0v) is 16.7. The summed E-state index contributed by atoms with van der Waals surface area (Å²) in [5, 5.41) is 8.64. The summed E-state index contributed by atoms with van der Waals surface area (Å²) in [4.78, 5) is 71.4. The summed E-state index contributed by atoms with van der Waals surface area (Å²) in [5.41, 5.74) is -3.77. The number of esters is 1. The molecule has 0 spiro atoms. The van der Waals surface area contributed by atoms with Crippen molar-refractivity contribution in [2.24, 2.45) is 14.1 Å². The van der Waals surface area contributed by atoms with Gasteiger partial charge in [-0.05, 0) is 6.92 Å². The van der Waals surface area contributed by atoms with Crippen molar-refractivity contribution < 1.29 is 28.9 Å². The first kappa shape index (κ1) is 23.9. The first-order valence-electron chi connectivity index (χ1n) is 8.16. The Balaban J connectivity index is 0.000000303. The van der Waals surface area contributed by atoms with E-state index in [9.17, 15) is 28.8 Å². The second-order valence-electron chi connectivity index (χ2n) is 5.43. The Kier molecular flexibility index (Phi) is 7.90. The van der Waals surface area contributed by atoms with E-state index in [1.165, 1.54) is 21.2 Å². The topological polar surface area (TPSA) is 192 Å². The van der Waals surface area contributed by atoms with E-state index >= 15 is 0 Å². The Morgan fingerprint density at radius 2 is 1.27 bits per heavy atom. The summed E-state index contributed by atoms with van der Waals surface area (Å²) < 4.78 is 15.6. The van der Waals surface area contributed by atoms with Crippen LogP contribution in [-0.4, -0.2) is 57.0 Å². The number of aromatic amines is 2. The molecule has 0 aliphatic heterocycles. The molecule has 0 bridgehead atoms. The number of nitrogens with zero attached hydrogens (tertiary/aromatic N) is 2. The van der Waals surface area contributed by atoms with Crippen LogP contribution in [0.5, 0.6) is 11.5 Å². The van der Waals surface area contributed by atoms with Gasteiger partial charge in [0, 0.05) is 14.1 Å². The average Bonchev–Trinajstić information content (AvgIpc) is 2.70. The molecule has 164 valence electrons. The zero-order chi connectivity index (χ0) is 23.2. The molecule has 0 unspecified atom stereocenters. The predicted molar refractivity (Wildman–Crippen MR) is 101 cm³/mol. The standard InChI is InChI=1S/C9H12N2O5.C7H8N2O5/c1-4-16-8(13)5-6(15-3)7(12)11(2)9(14)10-5;1-9-5(10)4(14-2)3(6(11)12)8-7(9)13/h4H2,1-3H3,(H,10,14);1-2H3,(H,8,13)(H,11,12). The van der Waals surface area contributed by atoms with E-state index in [4.69, 9.17) is 9.84 Å². The first-order valence-corrected chi connectivity index (χ1v) is 8.16. The van der Waals surface area contributed by atoms with Gasteiger partial charge in [-0.15, -0.1) is 0 Å². The number of H-pyrrole nitrogens is 2. The number of aromatic nitrogens is 4. The summed E-state index contributed by atoms with van der Waals surface area (Å²) in [6.45, 7) is 1.75. The molecule has 0 aromatic carbocycles. The maximum Gasteiger partial charge on any atom is 0.359 e. The van der Waals surface area contributed by atoms with Crippen LogP contribution in [0.4, 0.5) is 0 Å². The quantitative estimate of drug-likeness (QED) is 0.450. The van der Waals surface area contributed by atoms with Gasteiger partial charge in [-0.2, -0.15) is 0 Å². The molecule has 0 saturated carbocycles. The molecule has 0 atom stereocenters. The van der Waals surface area contributed by atoms with Crippen LogP contribution in [0.1, 0.15) is 27.9 Å². The highest BCUT2D eigenvalue weighted by atomic mass is 16.5. The lowest BCUT2D eigenvalue weighted by atomic mass is 10.3. The Bertz CT molecular complexity index is 1180. The Labute approximate surface area is 167 Å². The van der Waals surface area contributed by atoms with E-state index in [2.05, 4.69) is 14.5 Å². The number of aromatic carboxylic acids is 1. The van der Waals surface area contributed by atoms with E-state index in [0.29, 0.717) is 0 Å². The fourth-order valence-electron chi connectivity index (χ4n) is 2.07. The van der Waals surface area contributed by atoms with Crippen molar-refractivity contribution in [3.8, 4) is 11.5 Å². The van der Waals surface area contributed by atoms with Crippen LogP contribution in [0.2, 0.25) is 0 Å². The molecule has 3 N–H and O–H groups in total. The Hall–Kier alpha value is -4.10. The SMILES string of the molecule is CCOC(=O)c1[nH]c(=O)n(C)c(=O)c1OC.COc1c(C(=O)O)[nH]c(=O)n(C)c1=O. The van der Waals surface area contributed by atoms with Crippen LogP contribution in [0.25, 0.3) is 0 Å². The second-order valence-corrected chi connectivity index (χ2v) is 5.43. The van der Waals surface area contributed by atoms with Crippen molar-refractivity contribution in [1.82, 2.24) is 19.1 Å². The van der Waals surface area contributed by atoms with Crippen LogP contribution in [0.15, 0.2) is 19.2 Å². The minimum absolute atomic E-state index is 0.138. The van der Waals surface area contributed by atoms with Gasteiger partial charge in [0.1, 0.15) is 0 Å². The molecule has 2 heterocycles. The molecule has 0 saturated heterocycles. The number of nitrogens with one attached hydrogen (secondary N) is 2. The smallest absolute Gasteiger partial charge is 0.359 e. The van der Waals surface area contributed by atoms with Gasteiger partial charge in [-0.25, -0.2) is 19.2 Å². The van der Waals surface area contributed by atoms with Gasteiger partial charge in [-0.1, -0.05) is 0 Å². The van der Waals surface area contributed by atoms with E-state index in [0.717, 1.165) is 16.2 Å². The highest BCUT2D eigenvalue weighted by Crippen LogP contribution is 2.08. The largest absolute Gasteiger partial charge is 0.489 e. The molecule has 2 aromatic rings. The fraction of sp³-hybridized carbons (Fsp3) is 0.375. The summed E-state index contributed by atoms with van der Waals surface area (Å²) >= 11 is 0. The van der Waals surface area contributed by atoms with Crippen LogP contribution in [0.3, 0.4) is 0 Å². The molecule has 2 aromatic heterocycles. The van der Waals surface area contributed by atoms with Crippen molar-refractivity contribution >= 4 is 11.9 Å². The van der Waals surface area contributed by atoms with Gasteiger partial charge in [0.15, 0.2) is 11.4 Å². The van der Waals surface area contributed by atoms with Crippen LogP contribution in [0, 0.1) is 0 Å². The average molecular weight is 428 g/mol. The summed E-state index contributed by atoms with van der Waals surface area (Å²) in [6.07, 6.45) is 0. The molecular weight excluding hydrogens is 408 g/mol. The van der Waals surface area contributed by atoms with E-state index in [-0.39, 0.29) is 23.8 Å². The normalized spacial score (nSPS) is 9.90. The zero-order valence-electron chi connectivity index (χ0n) is 16.7. The molecule has 0 radical (unpaired) electrons. The third-order valence-electron chi connectivity index (χ3n) is 3.63. The van der Waals surface area contributed by atoms with E-state index < -0.39 is 40.1 Å². The van der Waals surface area contributed by atoms with Gasteiger partial charge in [0.05, 0.1) is 20.8 Å². The van der Waals surface area contributed by atoms with Gasteiger partial charge < -0.3 is 19.3 Å². The number of methoxy groups -OCH3 is 2. The van der Waals surface area contributed by atoms with Crippen LogP contribution < -0.4 is 32.0 Å². The lowest BCUT2D eigenvalue weighted by molar-refractivity contribution is 0.0513. The van der Waals surface area contributed by atoms with Crippen molar-refractivity contribution in [3.05, 3.63) is 53.1 Å². The number of ether oxygens (including phenoxy) is 3. The fourth-order valence-corrected chi connectivity index (χ4v) is 2.07. The van der Waals surface area contributed by atoms with E-state index in [1.807, 2.05) is 4.98 Å². The lowest BCUT2D eigenvalue weighted by Crippen LogP contribution is -2.35. The van der Waals surface area contributed by atoms with Gasteiger partial charge in [-0.3, -0.25) is 28.7 Å². The molecule has 2 rings (SSSR count). The number of carboxylic acid groups (broad SMARTS) is 1. The molecule has 0 aliphatic carbocycles. The van der Waals surface area contributed by atoms with Crippen molar-refractivity contribution in [3.63, 3.8) is 0 Å². The third kappa shape index (κ3) is 4.84. The number of carbonyl (C=O) groups excluding carboxylic acids is 1. The number of carbonyl (C=O) groups is 2. The molecule has 0 fully saturated rings. The lowest BCUT2D eigenvalue weighted by Gasteiger charge is -2.07. The highest BCUT2D eigenvalue weighted by molar-refractivity contribution is 5.90. The summed E-state index contributed by atoms with van der Waals surface area (Å²) in [5.74, 6) is -2.84. The maximum absolute atomic E-state index is 11.6. The first-order chi connectivity index (χ1) is 14.0. The van der Waals surface area contributed by atoms with Crippen LogP contribution >= 0.6 is 0 Å². The molecule has 0 aliphatic rings. The molecule has 0 amide bonds. The number of carboxylic acids is 1. The minimum Gasteiger partial charge on any atom is -0.489 e. The van der Waals surface area contributed by atoms with Gasteiger partial charge in [0.2, 0.25) is 11.5 Å². The number of hydrogen-bond donors (Lipinski definition) is 3. The Morgan fingerprint density at radius 1 is 0.867 bits per heavy atom. The minimum atomic E-state index is -1.42. The third-order valence-corrected chi connectivity index (χ3v) is 3.63. The summed E-state index contributed by atoms with van der Waals surface area (Å²) in [7, 11) is 4.88. The highest BCUT2D eigenvalue weighted by Gasteiger charge is 2.20. The summed E-state index contributed by atoms with van der Waals surface area (Å²) in [6, 6.07) is 0. The van der Waals surface area contributed by atoms with Crippen molar-refractivity contribution in [2.75, 3.05) is 20.8 Å². The molecule has 14 nitrogen and oxygen atoms in total. The monoisotopic (exact) mass is 428 g/mol. The maximum atomic E-state index is 11.6. The molecule has 30 heavy (non-hydrogen) atoms. The van der Waals surface area contributed by atoms with E-state index in [1.54, 1.807) is 6.92 Å². The predicted octanol–water partition coefficient (Wildman–Crippen LogP) is -1.96. The van der Waals surface area contributed by atoms with Crippen molar-refractivity contribution in [2.45, 2.75) is 6.92 Å². The number of hydrogen-bond acceptors (Lipinski definition) is 9.